The van der Waals surface area contributed by atoms with E-state index in [4.69, 9.17) is 0 Å². The van der Waals surface area contributed by atoms with Crippen LogP contribution in [0.3, 0.4) is 0 Å². The predicted octanol–water partition coefficient (Wildman–Crippen LogP) is 1.47. The lowest BCUT2D eigenvalue weighted by molar-refractivity contribution is -0.117. The van der Waals surface area contributed by atoms with E-state index in [9.17, 15) is 4.79 Å². The fourth-order valence-electron chi connectivity index (χ4n) is 2.01. The lowest BCUT2D eigenvalue weighted by Gasteiger charge is -2.32. The van der Waals surface area contributed by atoms with Gasteiger partial charge in [-0.25, -0.2) is 0 Å². The van der Waals surface area contributed by atoms with Crippen LogP contribution in [-0.4, -0.2) is 19.0 Å². The lowest BCUT2D eigenvalue weighted by Crippen LogP contribution is -2.41. The van der Waals surface area contributed by atoms with Crippen LogP contribution in [0.4, 0.5) is 11.4 Å². The highest BCUT2D eigenvalue weighted by Crippen LogP contribution is 2.35. The molecule has 2 heterocycles. The maximum atomic E-state index is 11.6. The molecule has 0 spiro atoms. The van der Waals surface area contributed by atoms with Crippen LogP contribution in [0.15, 0.2) is 24.3 Å². The molecule has 2 aliphatic heterocycles. The van der Waals surface area contributed by atoms with Crippen molar-refractivity contribution in [3.8, 4) is 0 Å². The fraction of sp³-hybridized carbons (Fsp3) is 0.182. The van der Waals surface area contributed by atoms with Crippen LogP contribution in [0.2, 0.25) is 0 Å². The van der Waals surface area contributed by atoms with E-state index in [1.807, 2.05) is 29.2 Å². The zero-order valence-corrected chi connectivity index (χ0v) is 7.66. The first-order valence-corrected chi connectivity index (χ1v) is 4.70. The van der Waals surface area contributed by atoms with Crippen molar-refractivity contribution in [1.82, 2.24) is 0 Å². The van der Waals surface area contributed by atoms with Gasteiger partial charge in [0.25, 0.3) is 0 Å². The molecular weight excluding hydrogens is 176 g/mol. The third-order valence-corrected chi connectivity index (χ3v) is 2.65. The topological polar surface area (TPSA) is 32.3 Å². The third kappa shape index (κ3) is 0.894. The number of rotatable bonds is 0. The maximum Gasteiger partial charge on any atom is 0.246 e. The van der Waals surface area contributed by atoms with Gasteiger partial charge in [0.05, 0.1) is 17.9 Å². The van der Waals surface area contributed by atoms with E-state index >= 15 is 0 Å². The van der Waals surface area contributed by atoms with Gasteiger partial charge in [-0.2, -0.15) is 0 Å². The molecule has 14 heavy (non-hydrogen) atoms. The van der Waals surface area contributed by atoms with E-state index in [1.165, 1.54) is 0 Å². The number of hydrogen-bond donors (Lipinski definition) is 1. The van der Waals surface area contributed by atoms with Crippen LogP contribution in [0.1, 0.15) is 5.56 Å². The number of anilines is 2. The minimum atomic E-state index is 0.148. The Morgan fingerprint density at radius 1 is 1.36 bits per heavy atom. The summed E-state index contributed by atoms with van der Waals surface area (Å²) >= 11 is 0. The summed E-state index contributed by atoms with van der Waals surface area (Å²) in [6.45, 7) is 1.11. The predicted molar refractivity (Wildman–Crippen MR) is 56.3 cm³/mol. The van der Waals surface area contributed by atoms with Crippen molar-refractivity contribution in [3.63, 3.8) is 0 Å². The van der Waals surface area contributed by atoms with Crippen molar-refractivity contribution >= 4 is 23.4 Å². The van der Waals surface area contributed by atoms with Gasteiger partial charge in [0.2, 0.25) is 5.91 Å². The normalized spacial score (nSPS) is 17.7. The second-order valence-corrected chi connectivity index (χ2v) is 3.50. The molecule has 0 bridgehead atoms. The number of nitrogens with zero attached hydrogens (tertiary/aromatic N) is 1. The van der Waals surface area contributed by atoms with E-state index in [2.05, 4.69) is 11.4 Å². The van der Waals surface area contributed by atoms with E-state index in [0.717, 1.165) is 16.9 Å². The molecule has 1 aromatic carbocycles. The Hall–Kier alpha value is -1.77. The lowest BCUT2D eigenvalue weighted by atomic mass is 10.0. The largest absolute Gasteiger partial charge is 0.374 e. The zero-order chi connectivity index (χ0) is 9.54. The SMILES string of the molecule is O=C1CNc2cccc3c2N1CC=C3. The van der Waals surface area contributed by atoms with Crippen molar-refractivity contribution in [3.05, 3.63) is 29.8 Å². The number of carbonyl (C=O) groups is 1. The molecular formula is C11H10N2O. The van der Waals surface area contributed by atoms with Crippen LogP contribution in [0.5, 0.6) is 0 Å². The van der Waals surface area contributed by atoms with E-state index < -0.39 is 0 Å². The minimum Gasteiger partial charge on any atom is -0.374 e. The molecule has 0 fully saturated rings. The number of hydrogen-bond acceptors (Lipinski definition) is 2. The zero-order valence-electron chi connectivity index (χ0n) is 7.66. The van der Waals surface area contributed by atoms with Crippen LogP contribution in [0, 0.1) is 0 Å². The molecule has 1 amide bonds. The van der Waals surface area contributed by atoms with Crippen LogP contribution in [0.25, 0.3) is 6.08 Å². The highest BCUT2D eigenvalue weighted by atomic mass is 16.2. The first-order chi connectivity index (χ1) is 6.86. The number of amides is 1. The second kappa shape index (κ2) is 2.61. The summed E-state index contributed by atoms with van der Waals surface area (Å²) in [4.78, 5) is 13.4. The van der Waals surface area contributed by atoms with Gasteiger partial charge >= 0.3 is 0 Å². The first kappa shape index (κ1) is 7.62. The quantitative estimate of drug-likeness (QED) is 0.665. The molecule has 0 unspecified atom stereocenters. The Bertz CT molecular complexity index is 437. The first-order valence-electron chi connectivity index (χ1n) is 4.70. The van der Waals surface area contributed by atoms with Crippen molar-refractivity contribution in [2.75, 3.05) is 23.3 Å². The molecule has 0 aliphatic carbocycles. The third-order valence-electron chi connectivity index (χ3n) is 2.65. The number of carbonyl (C=O) groups excluding carboxylic acids is 1. The standard InChI is InChI=1S/C11H10N2O/c14-10-7-12-9-5-1-3-8-4-2-6-13(10)11(8)9/h1-5,12H,6-7H2. The van der Waals surface area contributed by atoms with Crippen molar-refractivity contribution in [2.45, 2.75) is 0 Å². The Labute approximate surface area is 82.0 Å². The van der Waals surface area contributed by atoms with E-state index in [1.54, 1.807) is 0 Å². The summed E-state index contributed by atoms with van der Waals surface area (Å²) in [5, 5.41) is 3.13. The molecule has 70 valence electrons. The minimum absolute atomic E-state index is 0.148. The number of para-hydroxylation sites is 1. The molecule has 3 rings (SSSR count). The molecule has 0 aromatic heterocycles. The monoisotopic (exact) mass is 186 g/mol. The molecule has 1 aromatic rings. The summed E-state index contributed by atoms with van der Waals surface area (Å²) in [6, 6.07) is 6.05. The summed E-state index contributed by atoms with van der Waals surface area (Å²) in [5.74, 6) is 0.148. The molecule has 2 aliphatic rings. The Balaban J connectivity index is 2.27. The second-order valence-electron chi connectivity index (χ2n) is 3.50. The van der Waals surface area contributed by atoms with Crippen molar-refractivity contribution in [2.24, 2.45) is 0 Å². The average molecular weight is 186 g/mol. The molecule has 0 atom stereocenters. The smallest absolute Gasteiger partial charge is 0.246 e. The van der Waals surface area contributed by atoms with Crippen molar-refractivity contribution < 1.29 is 4.79 Å². The van der Waals surface area contributed by atoms with Gasteiger partial charge in [0.15, 0.2) is 0 Å². The van der Waals surface area contributed by atoms with Gasteiger partial charge in [0, 0.05) is 12.1 Å². The molecule has 0 saturated heterocycles. The summed E-state index contributed by atoms with van der Waals surface area (Å²) in [7, 11) is 0. The number of benzene rings is 1. The maximum absolute atomic E-state index is 11.6. The van der Waals surface area contributed by atoms with Gasteiger partial charge in [0.1, 0.15) is 0 Å². The Kier molecular flexibility index (Phi) is 1.42. The highest BCUT2D eigenvalue weighted by molar-refractivity contribution is 6.06. The molecule has 0 saturated carbocycles. The fourth-order valence-corrected chi connectivity index (χ4v) is 2.01. The Morgan fingerprint density at radius 2 is 2.29 bits per heavy atom. The molecule has 0 radical (unpaired) electrons. The summed E-state index contributed by atoms with van der Waals surface area (Å²) < 4.78 is 0. The number of nitrogens with one attached hydrogen (secondary N) is 1. The molecule has 3 nitrogen and oxygen atoms in total. The van der Waals surface area contributed by atoms with Gasteiger partial charge in [-0.1, -0.05) is 24.3 Å². The van der Waals surface area contributed by atoms with Gasteiger partial charge < -0.3 is 10.2 Å². The Morgan fingerprint density at radius 3 is 3.21 bits per heavy atom. The van der Waals surface area contributed by atoms with Gasteiger partial charge in [-0.15, -0.1) is 0 Å². The van der Waals surface area contributed by atoms with E-state index in [-0.39, 0.29) is 5.91 Å². The van der Waals surface area contributed by atoms with Crippen LogP contribution in [-0.2, 0) is 4.79 Å². The van der Waals surface area contributed by atoms with Crippen LogP contribution >= 0.6 is 0 Å². The molecule has 3 heteroatoms. The average Bonchev–Trinajstić information content (AvgIpc) is 2.24. The highest BCUT2D eigenvalue weighted by Gasteiger charge is 2.26. The molecule has 1 N–H and O–H groups in total. The van der Waals surface area contributed by atoms with E-state index in [0.29, 0.717) is 13.1 Å². The van der Waals surface area contributed by atoms with Gasteiger partial charge in [-0.05, 0) is 6.07 Å². The summed E-state index contributed by atoms with van der Waals surface area (Å²) in [5.41, 5.74) is 3.21. The van der Waals surface area contributed by atoms with Crippen molar-refractivity contribution in [1.29, 1.82) is 0 Å². The van der Waals surface area contributed by atoms with Crippen LogP contribution < -0.4 is 10.2 Å². The summed E-state index contributed by atoms with van der Waals surface area (Å²) in [6.07, 6.45) is 4.09. The van der Waals surface area contributed by atoms with Gasteiger partial charge in [-0.3, -0.25) is 4.79 Å².